The molecule has 1 aromatic heterocycles. The highest BCUT2D eigenvalue weighted by atomic mass is 16.2. The molecule has 0 amide bonds. The predicted molar refractivity (Wildman–Crippen MR) is 79.7 cm³/mol. The zero-order valence-electron chi connectivity index (χ0n) is 12.9. The molecule has 2 rings (SSSR count). The van der Waals surface area contributed by atoms with Crippen LogP contribution in [0.3, 0.4) is 0 Å². The average molecular weight is 308 g/mol. The fourth-order valence-corrected chi connectivity index (χ4v) is 3.87. The van der Waals surface area contributed by atoms with Gasteiger partial charge in [-0.15, -0.1) is 0 Å². The van der Waals surface area contributed by atoms with E-state index in [0.717, 1.165) is 11.0 Å². The summed E-state index contributed by atoms with van der Waals surface area (Å²) in [6, 6.07) is -0.358. The summed E-state index contributed by atoms with van der Waals surface area (Å²) in [5.41, 5.74) is -2.67. The molecule has 0 saturated heterocycles. The summed E-state index contributed by atoms with van der Waals surface area (Å²) in [7, 11) is 0. The molecule has 8 nitrogen and oxygen atoms in total. The summed E-state index contributed by atoms with van der Waals surface area (Å²) in [5, 5.41) is 0. The van der Waals surface area contributed by atoms with Crippen LogP contribution in [0.15, 0.2) is 19.4 Å². The van der Waals surface area contributed by atoms with Crippen LogP contribution in [0.1, 0.15) is 46.1 Å². The highest BCUT2D eigenvalue weighted by molar-refractivity contribution is 5.33. The lowest BCUT2D eigenvalue weighted by Gasteiger charge is -2.45. The van der Waals surface area contributed by atoms with Crippen LogP contribution >= 0.6 is 0 Å². The molecule has 120 valence electrons. The lowest BCUT2D eigenvalue weighted by Crippen LogP contribution is -2.49. The Balaban J connectivity index is 2.47. The van der Waals surface area contributed by atoms with Crippen LogP contribution in [0.25, 0.3) is 0 Å². The summed E-state index contributed by atoms with van der Waals surface area (Å²) in [6.45, 7) is 6.37. The molecule has 1 fully saturated rings. The number of aromatic nitrogens is 3. The van der Waals surface area contributed by atoms with Crippen LogP contribution in [0.5, 0.6) is 0 Å². The Hall–Kier alpha value is -2.21. The number of H-pyrrole nitrogens is 2. The molecule has 1 aromatic rings. The number of aromatic amines is 2. The molecule has 0 spiro atoms. The number of isocyanates is 1. The second-order valence-corrected chi connectivity index (χ2v) is 7.18. The third kappa shape index (κ3) is 3.33. The van der Waals surface area contributed by atoms with E-state index in [9.17, 15) is 19.2 Å². The number of nitrogens with one attached hydrogen (secondary N) is 2. The van der Waals surface area contributed by atoms with Crippen molar-refractivity contribution in [1.29, 1.82) is 0 Å². The standard InChI is InChI=1S/C14H20N4O4/c1-13(2)4-9(5-14(3,6-13)7-15-8-19)18-11(21)16-10(20)17-12(18)22/h9H,4-7H2,1-3H3,(H2,16,17,20,21,22). The SMILES string of the molecule is CC1(C)CC(n2c(=O)[nH]c(=O)[nH]c2=O)CC(C)(CN=C=O)C1. The van der Waals surface area contributed by atoms with Gasteiger partial charge < -0.3 is 0 Å². The molecule has 0 bridgehead atoms. The molecule has 0 aromatic carbocycles. The molecule has 2 N–H and O–H groups in total. The van der Waals surface area contributed by atoms with Crippen LogP contribution in [0, 0.1) is 10.8 Å². The van der Waals surface area contributed by atoms with E-state index < -0.39 is 17.1 Å². The minimum absolute atomic E-state index is 0.127. The predicted octanol–water partition coefficient (Wildman–Crippen LogP) is 0.318. The molecule has 1 aliphatic carbocycles. The molecule has 2 atom stereocenters. The number of nitrogens with zero attached hydrogens (tertiary/aromatic N) is 2. The maximum Gasteiger partial charge on any atom is 0.333 e. The van der Waals surface area contributed by atoms with Gasteiger partial charge in [0, 0.05) is 6.04 Å². The number of aliphatic imine (C=N–C) groups is 1. The fourth-order valence-electron chi connectivity index (χ4n) is 3.87. The third-order valence-electron chi connectivity index (χ3n) is 4.19. The summed E-state index contributed by atoms with van der Waals surface area (Å²) < 4.78 is 1.06. The zero-order chi connectivity index (χ0) is 16.5. The van der Waals surface area contributed by atoms with E-state index in [-0.39, 0.29) is 16.9 Å². The highest BCUT2D eigenvalue weighted by Crippen LogP contribution is 2.49. The molecular formula is C14H20N4O4. The maximum absolute atomic E-state index is 12.0. The average Bonchev–Trinajstić information content (AvgIpc) is 2.32. The van der Waals surface area contributed by atoms with Gasteiger partial charge in [-0.3, -0.25) is 9.97 Å². The Morgan fingerprint density at radius 1 is 1.18 bits per heavy atom. The Morgan fingerprint density at radius 2 is 1.77 bits per heavy atom. The summed E-state index contributed by atoms with van der Waals surface area (Å²) in [5.74, 6) is 0. The number of rotatable bonds is 3. The molecule has 0 aliphatic heterocycles. The van der Waals surface area contributed by atoms with Crippen LogP contribution < -0.4 is 17.1 Å². The monoisotopic (exact) mass is 308 g/mol. The molecule has 8 heteroatoms. The van der Waals surface area contributed by atoms with Crippen molar-refractivity contribution in [3.05, 3.63) is 31.5 Å². The summed E-state index contributed by atoms with van der Waals surface area (Å²) in [4.78, 5) is 53.4. The topological polar surface area (TPSA) is 117 Å². The van der Waals surface area contributed by atoms with E-state index in [1.807, 2.05) is 20.8 Å². The van der Waals surface area contributed by atoms with E-state index in [2.05, 4.69) is 15.0 Å². The first-order valence-electron chi connectivity index (χ1n) is 7.15. The first-order chi connectivity index (χ1) is 10.2. The van der Waals surface area contributed by atoms with Crippen molar-refractivity contribution in [2.24, 2.45) is 15.8 Å². The van der Waals surface area contributed by atoms with Crippen LogP contribution in [0.2, 0.25) is 0 Å². The Kier molecular flexibility index (Phi) is 4.06. The lowest BCUT2D eigenvalue weighted by molar-refractivity contribution is 0.0614. The summed E-state index contributed by atoms with van der Waals surface area (Å²) >= 11 is 0. The second kappa shape index (κ2) is 5.53. The fraction of sp³-hybridized carbons (Fsp3) is 0.714. The Morgan fingerprint density at radius 3 is 2.32 bits per heavy atom. The van der Waals surface area contributed by atoms with E-state index in [4.69, 9.17) is 0 Å². The van der Waals surface area contributed by atoms with E-state index in [1.165, 1.54) is 0 Å². The van der Waals surface area contributed by atoms with Gasteiger partial charge in [-0.05, 0) is 30.1 Å². The van der Waals surface area contributed by atoms with Gasteiger partial charge in [-0.1, -0.05) is 20.8 Å². The Bertz CT molecular complexity index is 747. The van der Waals surface area contributed by atoms with Crippen LogP contribution in [0.4, 0.5) is 0 Å². The molecule has 1 saturated carbocycles. The quantitative estimate of drug-likeness (QED) is 0.617. The number of hydrogen-bond donors (Lipinski definition) is 2. The van der Waals surface area contributed by atoms with Gasteiger partial charge in [-0.2, -0.15) is 0 Å². The zero-order valence-corrected chi connectivity index (χ0v) is 12.9. The molecule has 1 heterocycles. The van der Waals surface area contributed by atoms with Gasteiger partial charge in [0.15, 0.2) is 0 Å². The van der Waals surface area contributed by atoms with Gasteiger partial charge in [0.25, 0.3) is 0 Å². The minimum atomic E-state index is -0.811. The number of carbonyl (C=O) groups excluding carboxylic acids is 1. The van der Waals surface area contributed by atoms with Crippen molar-refractivity contribution in [2.75, 3.05) is 6.54 Å². The molecule has 2 unspecified atom stereocenters. The van der Waals surface area contributed by atoms with Crippen molar-refractivity contribution in [1.82, 2.24) is 14.5 Å². The van der Waals surface area contributed by atoms with Gasteiger partial charge in [0.2, 0.25) is 6.08 Å². The van der Waals surface area contributed by atoms with E-state index in [1.54, 1.807) is 6.08 Å². The molecule has 1 aliphatic rings. The highest BCUT2D eigenvalue weighted by Gasteiger charge is 2.42. The molecular weight excluding hydrogens is 288 g/mol. The van der Waals surface area contributed by atoms with Crippen molar-refractivity contribution in [3.63, 3.8) is 0 Å². The molecule has 0 radical (unpaired) electrons. The lowest BCUT2D eigenvalue weighted by atomic mass is 9.62. The largest absolute Gasteiger partial charge is 0.333 e. The van der Waals surface area contributed by atoms with E-state index >= 15 is 0 Å². The first kappa shape index (κ1) is 16.2. The maximum atomic E-state index is 12.0. The van der Waals surface area contributed by atoms with Crippen molar-refractivity contribution >= 4 is 6.08 Å². The van der Waals surface area contributed by atoms with Gasteiger partial charge in [0.1, 0.15) is 0 Å². The summed E-state index contributed by atoms with van der Waals surface area (Å²) in [6.07, 6.45) is 3.51. The van der Waals surface area contributed by atoms with Gasteiger partial charge in [-0.25, -0.2) is 28.7 Å². The minimum Gasteiger partial charge on any atom is -0.259 e. The molecule has 22 heavy (non-hydrogen) atoms. The first-order valence-corrected chi connectivity index (χ1v) is 7.15. The number of hydrogen-bond acceptors (Lipinski definition) is 5. The second-order valence-electron chi connectivity index (χ2n) is 7.18. The van der Waals surface area contributed by atoms with Gasteiger partial charge >= 0.3 is 17.1 Å². The van der Waals surface area contributed by atoms with Crippen molar-refractivity contribution < 1.29 is 4.79 Å². The van der Waals surface area contributed by atoms with Crippen LogP contribution in [-0.2, 0) is 4.79 Å². The normalized spacial score (nSPS) is 27.1. The van der Waals surface area contributed by atoms with Crippen molar-refractivity contribution in [3.8, 4) is 0 Å². The Labute approximate surface area is 126 Å². The van der Waals surface area contributed by atoms with Crippen LogP contribution in [-0.4, -0.2) is 27.2 Å². The van der Waals surface area contributed by atoms with Gasteiger partial charge in [0.05, 0.1) is 6.54 Å². The van der Waals surface area contributed by atoms with Crippen molar-refractivity contribution in [2.45, 2.75) is 46.1 Å². The van der Waals surface area contributed by atoms with E-state index in [0.29, 0.717) is 19.4 Å². The smallest absolute Gasteiger partial charge is 0.259 e. The third-order valence-corrected chi connectivity index (χ3v) is 4.19.